The van der Waals surface area contributed by atoms with Crippen molar-refractivity contribution in [1.29, 1.82) is 0 Å². The van der Waals surface area contributed by atoms with E-state index in [2.05, 4.69) is 12.2 Å². The molecule has 0 saturated heterocycles. The van der Waals surface area contributed by atoms with Crippen LogP contribution in [0.25, 0.3) is 0 Å². The van der Waals surface area contributed by atoms with Gasteiger partial charge in [0.1, 0.15) is 36.6 Å². The van der Waals surface area contributed by atoms with E-state index in [0.29, 0.717) is 12.8 Å². The molecule has 0 heterocycles. The van der Waals surface area contributed by atoms with Gasteiger partial charge >= 0.3 is 7.82 Å². The Balaban J connectivity index is 1.97. The first-order valence-electron chi connectivity index (χ1n) is 29.6. The average molecular weight is 1020 g/mol. The predicted octanol–water partition coefficient (Wildman–Crippen LogP) is 12.3. The summed E-state index contributed by atoms with van der Waals surface area (Å²) in [4.78, 5) is 23.2. The molecule has 418 valence electrons. The predicted molar refractivity (Wildman–Crippen MR) is 285 cm³/mol. The van der Waals surface area contributed by atoms with Crippen LogP contribution in [0.4, 0.5) is 0 Å². The summed E-state index contributed by atoms with van der Waals surface area (Å²) in [5.74, 6) is -0.566. The number of phosphoric ester groups is 1. The second kappa shape index (κ2) is 45.7. The monoisotopic (exact) mass is 1020 g/mol. The smallest absolute Gasteiger partial charge is 0.393 e. The molecule has 1 saturated carbocycles. The Labute approximate surface area is 428 Å². The first-order valence-corrected chi connectivity index (χ1v) is 31.1. The van der Waals surface area contributed by atoms with E-state index in [9.17, 15) is 50.0 Å². The molecule has 1 rings (SSSR count). The van der Waals surface area contributed by atoms with Gasteiger partial charge in [-0.3, -0.25) is 13.8 Å². The molecule has 0 spiro atoms. The molecule has 1 aliphatic rings. The van der Waals surface area contributed by atoms with E-state index in [1.54, 1.807) is 0 Å². The average Bonchev–Trinajstić information content (AvgIpc) is 3.33. The number of carbonyl (C=O) groups is 1. The molecule has 8 atom stereocenters. The van der Waals surface area contributed by atoms with Gasteiger partial charge in [0.25, 0.3) is 0 Å². The van der Waals surface area contributed by atoms with Crippen LogP contribution < -0.4 is 5.32 Å². The van der Waals surface area contributed by atoms with Gasteiger partial charge < -0.3 is 46.0 Å². The van der Waals surface area contributed by atoms with E-state index in [4.69, 9.17) is 9.05 Å². The van der Waals surface area contributed by atoms with Crippen molar-refractivity contribution in [3.63, 3.8) is 0 Å². The van der Waals surface area contributed by atoms with Gasteiger partial charge in [-0.05, 0) is 12.8 Å². The van der Waals surface area contributed by atoms with Crippen molar-refractivity contribution in [2.75, 3.05) is 6.61 Å². The molecule has 14 heteroatoms. The zero-order valence-corrected chi connectivity index (χ0v) is 45.9. The van der Waals surface area contributed by atoms with Crippen LogP contribution in [-0.4, -0.2) is 108 Å². The van der Waals surface area contributed by atoms with Gasteiger partial charge in [-0.25, -0.2) is 4.57 Å². The van der Waals surface area contributed by atoms with E-state index in [0.717, 1.165) is 38.5 Å². The molecule has 1 amide bonds. The molecule has 1 fully saturated rings. The third-order valence-corrected chi connectivity index (χ3v) is 15.7. The summed E-state index contributed by atoms with van der Waals surface area (Å²) in [5, 5.41) is 74.0. The van der Waals surface area contributed by atoms with Crippen molar-refractivity contribution >= 4 is 13.7 Å². The molecule has 1 aliphatic carbocycles. The normalized spacial score (nSPS) is 21.7. The molecule has 0 aromatic rings. The molecule has 0 bridgehead atoms. The number of amides is 1. The number of phosphoric acid groups is 1. The quantitative estimate of drug-likeness (QED) is 0.0205. The molecule has 0 radical (unpaired) electrons. The van der Waals surface area contributed by atoms with Crippen molar-refractivity contribution in [2.24, 2.45) is 0 Å². The SMILES string of the molecule is CCCCCCCCCCCCCCCCCCCCCCCCCCCCCCCCCCCCCCCC(O)CC(=O)NC(COP(=O)(O)OC1C(O)C(O)C(O)C(O)C1O)C(O)CCCCC. The Morgan fingerprint density at radius 2 is 0.714 bits per heavy atom. The van der Waals surface area contributed by atoms with E-state index in [1.165, 1.54) is 212 Å². The van der Waals surface area contributed by atoms with Crippen molar-refractivity contribution < 1.29 is 59.0 Å². The molecular formula is C56H112NO12P. The highest BCUT2D eigenvalue weighted by molar-refractivity contribution is 7.47. The minimum Gasteiger partial charge on any atom is -0.393 e. The number of nitrogens with one attached hydrogen (secondary N) is 1. The number of hydrogen-bond acceptors (Lipinski definition) is 11. The van der Waals surface area contributed by atoms with Crippen LogP contribution in [0.3, 0.4) is 0 Å². The Morgan fingerprint density at radius 1 is 0.443 bits per heavy atom. The van der Waals surface area contributed by atoms with Crippen molar-refractivity contribution in [3.8, 4) is 0 Å². The maximum Gasteiger partial charge on any atom is 0.472 e. The molecule has 0 aliphatic heterocycles. The topological polar surface area (TPSA) is 226 Å². The van der Waals surface area contributed by atoms with Crippen LogP contribution in [-0.2, 0) is 18.4 Å². The van der Waals surface area contributed by atoms with Gasteiger partial charge in [-0.2, -0.15) is 0 Å². The van der Waals surface area contributed by atoms with E-state index < -0.39 is 75.2 Å². The van der Waals surface area contributed by atoms with Crippen LogP contribution >= 0.6 is 7.82 Å². The standard InChI is InChI=1S/C56H112NO12P/c1-3-5-7-8-9-10-11-12-13-14-15-16-17-18-19-20-21-22-23-24-25-26-27-28-29-30-31-32-33-34-35-36-37-38-39-40-42-43-47(58)45-50(60)57-48(49(59)44-41-6-4-2)46-68-70(66,67)69-56-54(64)52(62)51(61)53(63)55(56)65/h47-49,51-56,58-59,61-65H,3-46H2,1-2H3,(H,57,60)(H,66,67). The number of aliphatic hydroxyl groups is 7. The lowest BCUT2D eigenvalue weighted by Crippen LogP contribution is -2.64. The maximum atomic E-state index is 12.9. The van der Waals surface area contributed by atoms with Gasteiger partial charge in [0.15, 0.2) is 0 Å². The van der Waals surface area contributed by atoms with Crippen LogP contribution in [0.2, 0.25) is 0 Å². The minimum absolute atomic E-state index is 0.219. The van der Waals surface area contributed by atoms with E-state index in [1.807, 2.05) is 6.92 Å². The molecule has 0 aromatic heterocycles. The molecule has 8 unspecified atom stereocenters. The zero-order chi connectivity index (χ0) is 51.5. The van der Waals surface area contributed by atoms with Crippen molar-refractivity contribution in [3.05, 3.63) is 0 Å². The van der Waals surface area contributed by atoms with Crippen LogP contribution in [0.5, 0.6) is 0 Å². The molecule has 9 N–H and O–H groups in total. The first-order chi connectivity index (χ1) is 33.8. The van der Waals surface area contributed by atoms with Crippen LogP contribution in [0.1, 0.15) is 290 Å². The van der Waals surface area contributed by atoms with E-state index >= 15 is 0 Å². The van der Waals surface area contributed by atoms with E-state index in [-0.39, 0.29) is 12.8 Å². The molecule has 0 aromatic carbocycles. The number of aliphatic hydroxyl groups excluding tert-OH is 7. The molecular weight excluding hydrogens is 910 g/mol. The minimum atomic E-state index is -5.09. The zero-order valence-electron chi connectivity index (χ0n) is 45.0. The summed E-state index contributed by atoms with van der Waals surface area (Å²) in [6.07, 6.45) is 39.4. The van der Waals surface area contributed by atoms with Crippen LogP contribution in [0.15, 0.2) is 0 Å². The van der Waals surface area contributed by atoms with Gasteiger partial charge in [0.2, 0.25) is 5.91 Å². The van der Waals surface area contributed by atoms with Crippen LogP contribution in [0, 0.1) is 0 Å². The highest BCUT2D eigenvalue weighted by Crippen LogP contribution is 2.47. The summed E-state index contributed by atoms with van der Waals surface area (Å²) >= 11 is 0. The third kappa shape index (κ3) is 36.3. The molecule has 70 heavy (non-hydrogen) atoms. The summed E-state index contributed by atoms with van der Waals surface area (Å²) in [7, 11) is -5.09. The maximum absolute atomic E-state index is 12.9. The lowest BCUT2D eigenvalue weighted by molar-refractivity contribution is -0.220. The highest BCUT2D eigenvalue weighted by Gasteiger charge is 2.51. The van der Waals surface area contributed by atoms with Crippen molar-refractivity contribution in [1.82, 2.24) is 5.32 Å². The largest absolute Gasteiger partial charge is 0.472 e. The molecule has 13 nitrogen and oxygen atoms in total. The Morgan fingerprint density at radius 3 is 1.04 bits per heavy atom. The second-order valence-electron chi connectivity index (χ2n) is 21.4. The lowest BCUT2D eigenvalue weighted by atomic mass is 9.85. The number of hydrogen-bond donors (Lipinski definition) is 9. The number of rotatable bonds is 51. The number of unbranched alkanes of at least 4 members (excludes halogenated alkanes) is 38. The number of carbonyl (C=O) groups excluding carboxylic acids is 1. The Hall–Kier alpha value is -0.700. The third-order valence-electron chi connectivity index (χ3n) is 14.7. The second-order valence-corrected chi connectivity index (χ2v) is 22.8. The Bertz CT molecular complexity index is 1200. The lowest BCUT2D eigenvalue weighted by Gasteiger charge is -2.41. The summed E-state index contributed by atoms with van der Waals surface area (Å²) < 4.78 is 22.7. The highest BCUT2D eigenvalue weighted by atomic mass is 31.2. The Kier molecular flexibility index (Phi) is 43.9. The summed E-state index contributed by atoms with van der Waals surface area (Å²) in [6.45, 7) is 3.60. The fourth-order valence-electron chi connectivity index (χ4n) is 9.96. The van der Waals surface area contributed by atoms with Gasteiger partial charge in [0.05, 0.1) is 31.3 Å². The van der Waals surface area contributed by atoms with Gasteiger partial charge in [-0.1, -0.05) is 271 Å². The van der Waals surface area contributed by atoms with Crippen molar-refractivity contribution in [2.45, 2.75) is 345 Å². The van der Waals surface area contributed by atoms with Gasteiger partial charge in [-0.15, -0.1) is 0 Å². The summed E-state index contributed by atoms with van der Waals surface area (Å²) in [5.41, 5.74) is 0. The van der Waals surface area contributed by atoms with Gasteiger partial charge in [0, 0.05) is 0 Å². The fraction of sp³-hybridized carbons (Fsp3) is 0.982. The summed E-state index contributed by atoms with van der Waals surface area (Å²) in [6, 6.07) is -1.15. The first kappa shape index (κ1) is 67.3. The fourth-order valence-corrected chi connectivity index (χ4v) is 10.9.